The molecular weight excluding hydrogens is 420 g/mol. The summed E-state index contributed by atoms with van der Waals surface area (Å²) in [5.74, 6) is 1.67. The van der Waals surface area contributed by atoms with Crippen molar-refractivity contribution in [2.24, 2.45) is 0 Å². The quantitative estimate of drug-likeness (QED) is 0.612. The van der Waals surface area contributed by atoms with Crippen molar-refractivity contribution in [2.45, 2.75) is 26.1 Å². The van der Waals surface area contributed by atoms with Gasteiger partial charge in [0.15, 0.2) is 6.10 Å². The van der Waals surface area contributed by atoms with Crippen molar-refractivity contribution in [1.82, 2.24) is 4.90 Å². The number of hydrogen-bond donors (Lipinski definition) is 1. The zero-order chi connectivity index (χ0) is 23.4. The van der Waals surface area contributed by atoms with Gasteiger partial charge < -0.3 is 24.4 Å². The van der Waals surface area contributed by atoms with E-state index < -0.39 is 6.10 Å². The van der Waals surface area contributed by atoms with Crippen LogP contribution in [0.1, 0.15) is 28.4 Å². The molecule has 0 unspecified atom stereocenters. The third-order valence-corrected chi connectivity index (χ3v) is 5.51. The Morgan fingerprint density at radius 1 is 1.03 bits per heavy atom. The van der Waals surface area contributed by atoms with E-state index in [1.165, 1.54) is 0 Å². The second-order valence-electron chi connectivity index (χ2n) is 7.81. The summed E-state index contributed by atoms with van der Waals surface area (Å²) in [7, 11) is 3.18. The molecule has 1 atom stereocenters. The van der Waals surface area contributed by atoms with Crippen LogP contribution in [0, 0.1) is 0 Å². The van der Waals surface area contributed by atoms with E-state index in [2.05, 4.69) is 5.32 Å². The van der Waals surface area contributed by atoms with Crippen LogP contribution in [0.4, 0.5) is 5.69 Å². The number of benzene rings is 3. The lowest BCUT2D eigenvalue weighted by molar-refractivity contribution is -0.138. The van der Waals surface area contributed by atoms with Crippen LogP contribution in [-0.2, 0) is 17.9 Å². The van der Waals surface area contributed by atoms with Gasteiger partial charge in [0.1, 0.15) is 17.2 Å². The third-order valence-electron chi connectivity index (χ3n) is 5.51. The Morgan fingerprint density at radius 2 is 1.79 bits per heavy atom. The first-order valence-corrected chi connectivity index (χ1v) is 10.6. The van der Waals surface area contributed by atoms with Gasteiger partial charge >= 0.3 is 0 Å². The molecule has 1 N–H and O–H groups in total. The smallest absolute Gasteiger partial charge is 0.263 e. The van der Waals surface area contributed by atoms with Gasteiger partial charge in [-0.1, -0.05) is 18.2 Å². The highest BCUT2D eigenvalue weighted by Crippen LogP contribution is 2.30. The minimum atomic E-state index is -0.610. The zero-order valence-electron chi connectivity index (χ0n) is 18.8. The molecule has 0 fully saturated rings. The standard InChI is InChI=1S/C26H26N2O5/c1-17-26(30)28(15-18-7-10-22(31-2)11-8-18)16-20-13-21(9-12-24(20)33-17)27-25(29)19-5-4-6-23(14-19)32-3/h4-14,17H,15-16H2,1-3H3,(H,27,29)/t17-/m0/s1. The summed E-state index contributed by atoms with van der Waals surface area (Å²) in [6.07, 6.45) is -0.610. The number of fused-ring (bicyclic) bond motifs is 1. The molecule has 2 amide bonds. The first-order valence-electron chi connectivity index (χ1n) is 10.6. The van der Waals surface area contributed by atoms with Gasteiger partial charge in [-0.25, -0.2) is 0 Å². The Labute approximate surface area is 192 Å². The van der Waals surface area contributed by atoms with Gasteiger partial charge in [0.05, 0.1) is 14.2 Å². The number of amides is 2. The molecule has 0 spiro atoms. The predicted octanol–water partition coefficient (Wildman–Crippen LogP) is 4.27. The van der Waals surface area contributed by atoms with Crippen molar-refractivity contribution in [3.8, 4) is 17.2 Å². The monoisotopic (exact) mass is 446 g/mol. The fourth-order valence-electron chi connectivity index (χ4n) is 3.73. The predicted molar refractivity (Wildman–Crippen MR) is 125 cm³/mol. The maximum atomic E-state index is 12.9. The number of anilines is 1. The molecule has 7 heteroatoms. The molecule has 0 aromatic heterocycles. The van der Waals surface area contributed by atoms with Crippen LogP contribution >= 0.6 is 0 Å². The minimum Gasteiger partial charge on any atom is -0.497 e. The fourth-order valence-corrected chi connectivity index (χ4v) is 3.73. The van der Waals surface area contributed by atoms with Crippen LogP contribution in [0.3, 0.4) is 0 Å². The number of nitrogens with zero attached hydrogens (tertiary/aromatic N) is 1. The van der Waals surface area contributed by atoms with Gasteiger partial charge in [-0.05, 0) is 61.0 Å². The molecule has 0 saturated heterocycles. The molecule has 170 valence electrons. The third kappa shape index (κ3) is 5.09. The lowest BCUT2D eigenvalue weighted by atomic mass is 10.1. The van der Waals surface area contributed by atoms with Crippen LogP contribution in [0.2, 0.25) is 0 Å². The van der Waals surface area contributed by atoms with Crippen molar-refractivity contribution < 1.29 is 23.8 Å². The summed E-state index contributed by atoms with van der Waals surface area (Å²) in [4.78, 5) is 27.4. The lowest BCUT2D eigenvalue weighted by Crippen LogP contribution is -2.37. The average molecular weight is 447 g/mol. The lowest BCUT2D eigenvalue weighted by Gasteiger charge is -2.22. The molecule has 7 nitrogen and oxygen atoms in total. The van der Waals surface area contributed by atoms with Crippen molar-refractivity contribution in [2.75, 3.05) is 19.5 Å². The maximum Gasteiger partial charge on any atom is 0.263 e. The normalized spacial score (nSPS) is 15.2. The van der Waals surface area contributed by atoms with E-state index in [9.17, 15) is 9.59 Å². The summed E-state index contributed by atoms with van der Waals surface area (Å²) < 4.78 is 16.3. The molecule has 1 aliphatic rings. The molecule has 1 aliphatic heterocycles. The summed E-state index contributed by atoms with van der Waals surface area (Å²) in [6, 6.07) is 20.0. The number of carbonyl (C=O) groups excluding carboxylic acids is 2. The number of rotatable bonds is 6. The van der Waals surface area contributed by atoms with Crippen molar-refractivity contribution >= 4 is 17.5 Å². The van der Waals surface area contributed by atoms with Crippen molar-refractivity contribution in [3.05, 3.63) is 83.4 Å². The number of carbonyl (C=O) groups is 2. The van der Waals surface area contributed by atoms with Crippen LogP contribution in [-0.4, -0.2) is 37.0 Å². The molecule has 0 radical (unpaired) electrons. The molecule has 1 heterocycles. The molecule has 0 bridgehead atoms. The highest BCUT2D eigenvalue weighted by Gasteiger charge is 2.28. The van der Waals surface area contributed by atoms with Gasteiger partial charge in [-0.3, -0.25) is 9.59 Å². The summed E-state index contributed by atoms with van der Waals surface area (Å²) in [6.45, 7) is 2.56. The Balaban J connectivity index is 1.54. The van der Waals surface area contributed by atoms with Crippen molar-refractivity contribution in [1.29, 1.82) is 0 Å². The molecular formula is C26H26N2O5. The van der Waals surface area contributed by atoms with E-state index in [0.29, 0.717) is 35.8 Å². The molecule has 0 saturated carbocycles. The van der Waals surface area contributed by atoms with Crippen LogP contribution in [0.15, 0.2) is 66.7 Å². The molecule has 4 rings (SSSR count). The summed E-state index contributed by atoms with van der Waals surface area (Å²) in [5.41, 5.74) is 2.92. The van der Waals surface area contributed by atoms with Gasteiger partial charge in [-0.2, -0.15) is 0 Å². The fraction of sp³-hybridized carbons (Fsp3) is 0.231. The van der Waals surface area contributed by atoms with Gasteiger partial charge in [0.2, 0.25) is 0 Å². The molecule has 0 aliphatic carbocycles. The van der Waals surface area contributed by atoms with Crippen LogP contribution < -0.4 is 19.5 Å². The Kier molecular flexibility index (Phi) is 6.49. The molecule has 3 aromatic carbocycles. The first kappa shape index (κ1) is 22.2. The largest absolute Gasteiger partial charge is 0.497 e. The Morgan fingerprint density at radius 3 is 2.52 bits per heavy atom. The summed E-state index contributed by atoms with van der Waals surface area (Å²) in [5, 5.41) is 2.91. The second kappa shape index (κ2) is 9.65. The number of nitrogens with one attached hydrogen (secondary N) is 1. The highest BCUT2D eigenvalue weighted by molar-refractivity contribution is 6.04. The minimum absolute atomic E-state index is 0.0935. The average Bonchev–Trinajstić information content (AvgIpc) is 2.95. The summed E-state index contributed by atoms with van der Waals surface area (Å²) >= 11 is 0. The van der Waals surface area contributed by atoms with E-state index in [0.717, 1.165) is 16.9 Å². The second-order valence-corrected chi connectivity index (χ2v) is 7.81. The van der Waals surface area contributed by atoms with E-state index in [1.807, 2.05) is 30.3 Å². The van der Waals surface area contributed by atoms with E-state index in [4.69, 9.17) is 14.2 Å². The first-order chi connectivity index (χ1) is 16.0. The number of methoxy groups -OCH3 is 2. The molecule has 33 heavy (non-hydrogen) atoms. The maximum absolute atomic E-state index is 12.9. The Hall–Kier alpha value is -4.00. The van der Waals surface area contributed by atoms with Gasteiger partial charge in [0, 0.05) is 29.9 Å². The number of ether oxygens (including phenoxy) is 3. The highest BCUT2D eigenvalue weighted by atomic mass is 16.5. The van der Waals surface area contributed by atoms with E-state index in [-0.39, 0.29) is 11.8 Å². The van der Waals surface area contributed by atoms with E-state index in [1.54, 1.807) is 62.4 Å². The van der Waals surface area contributed by atoms with Gasteiger partial charge in [0.25, 0.3) is 11.8 Å². The van der Waals surface area contributed by atoms with Crippen LogP contribution in [0.25, 0.3) is 0 Å². The van der Waals surface area contributed by atoms with E-state index >= 15 is 0 Å². The topological polar surface area (TPSA) is 77.1 Å². The SMILES string of the molecule is COc1ccc(CN2Cc3cc(NC(=O)c4cccc(OC)c4)ccc3O[C@@H](C)C2=O)cc1. The van der Waals surface area contributed by atoms with Crippen molar-refractivity contribution in [3.63, 3.8) is 0 Å². The Bertz CT molecular complexity index is 1160. The molecule has 3 aromatic rings. The van der Waals surface area contributed by atoms with Crippen LogP contribution in [0.5, 0.6) is 17.2 Å². The van der Waals surface area contributed by atoms with Gasteiger partial charge in [-0.15, -0.1) is 0 Å². The zero-order valence-corrected chi connectivity index (χ0v) is 18.8. The number of hydrogen-bond acceptors (Lipinski definition) is 5.